The average molecular weight is 223 g/mol. The minimum Gasteiger partial charge on any atom is -0.317 e. The Morgan fingerprint density at radius 1 is 1.19 bits per heavy atom. The third-order valence-corrected chi connectivity index (χ3v) is 2.89. The Kier molecular flexibility index (Phi) is 6.09. The molecule has 1 saturated heterocycles. The van der Waals surface area contributed by atoms with Crippen molar-refractivity contribution in [2.45, 2.75) is 32.6 Å². The molecule has 1 heterocycles. The Morgan fingerprint density at radius 3 is 2.19 bits per heavy atom. The van der Waals surface area contributed by atoms with Crippen LogP contribution in [-0.2, 0) is 0 Å². The summed E-state index contributed by atoms with van der Waals surface area (Å²) in [5, 5.41) is 3.40. The highest BCUT2D eigenvalue weighted by Gasteiger charge is 2.14. The summed E-state index contributed by atoms with van der Waals surface area (Å²) in [6.45, 7) is 5.71. The van der Waals surface area contributed by atoms with Gasteiger partial charge < -0.3 is 5.32 Å². The summed E-state index contributed by atoms with van der Waals surface area (Å²) in [4.78, 5) is 0. The van der Waals surface area contributed by atoms with Crippen molar-refractivity contribution in [2.75, 3.05) is 19.8 Å². The van der Waals surface area contributed by atoms with Crippen LogP contribution in [0.15, 0.2) is 24.3 Å². The van der Waals surface area contributed by atoms with Crippen LogP contribution in [0.5, 0.6) is 0 Å². The van der Waals surface area contributed by atoms with Crippen molar-refractivity contribution in [2.24, 2.45) is 0 Å². The summed E-state index contributed by atoms with van der Waals surface area (Å²) < 4.78 is 10.3. The van der Waals surface area contributed by atoms with Crippen LogP contribution < -0.4 is 5.32 Å². The van der Waals surface area contributed by atoms with Gasteiger partial charge in [0.25, 0.3) is 0 Å². The van der Waals surface area contributed by atoms with Crippen LogP contribution in [0, 0.1) is 6.92 Å². The molecule has 0 amide bonds. The molecule has 1 aromatic rings. The van der Waals surface area contributed by atoms with Crippen molar-refractivity contribution in [3.63, 3.8) is 0 Å². The normalized spacial score (nSPS) is 16.4. The van der Waals surface area contributed by atoms with Crippen molar-refractivity contribution in [1.29, 1.82) is 0 Å². The lowest BCUT2D eigenvalue weighted by atomic mass is 9.90. The van der Waals surface area contributed by atoms with Gasteiger partial charge in [-0.2, -0.15) is 0 Å². The summed E-state index contributed by atoms with van der Waals surface area (Å²) in [7, 11) is 0. The summed E-state index contributed by atoms with van der Waals surface area (Å²) in [6.07, 6.45) is 2.59. The minimum absolute atomic E-state index is 0.250. The quantitative estimate of drug-likeness (QED) is 0.769. The first-order chi connectivity index (χ1) is 7.77. The Labute approximate surface area is 98.1 Å². The van der Waals surface area contributed by atoms with Crippen LogP contribution in [0.3, 0.4) is 0 Å². The molecule has 90 valence electrons. The van der Waals surface area contributed by atoms with Gasteiger partial charge in [0.2, 0.25) is 0 Å². The molecule has 0 aliphatic carbocycles. The van der Waals surface area contributed by atoms with Gasteiger partial charge in [-0.15, -0.1) is 0 Å². The number of hydrogen-bond acceptors (Lipinski definition) is 1. The maximum absolute atomic E-state index is 10.3. The lowest BCUT2D eigenvalue weighted by Crippen LogP contribution is -2.26. The predicted molar refractivity (Wildman–Crippen MR) is 67.7 cm³/mol. The van der Waals surface area contributed by atoms with E-state index in [0.29, 0.717) is 0 Å². The topological polar surface area (TPSA) is 12.0 Å². The van der Waals surface area contributed by atoms with Crippen molar-refractivity contribution >= 4 is 0 Å². The molecule has 1 aliphatic heterocycles. The van der Waals surface area contributed by atoms with E-state index >= 15 is 0 Å². The molecule has 1 aromatic carbocycles. The minimum atomic E-state index is -0.250. The first-order valence-corrected chi connectivity index (χ1v) is 6.11. The molecule has 2 rings (SSSR count). The number of nitrogens with one attached hydrogen (secondary N) is 1. The van der Waals surface area contributed by atoms with Gasteiger partial charge in [0.05, 0.1) is 6.67 Å². The molecular weight excluding hydrogens is 201 g/mol. The van der Waals surface area contributed by atoms with Crippen LogP contribution in [0.25, 0.3) is 0 Å². The fourth-order valence-corrected chi connectivity index (χ4v) is 1.99. The molecule has 1 nitrogen and oxygen atoms in total. The summed E-state index contributed by atoms with van der Waals surface area (Å²) in [5.41, 5.74) is 2.88. The van der Waals surface area contributed by atoms with Crippen LogP contribution in [0.4, 0.5) is 4.39 Å². The van der Waals surface area contributed by atoms with E-state index in [1.54, 1.807) is 0 Å². The van der Waals surface area contributed by atoms with E-state index in [0.717, 1.165) is 5.92 Å². The predicted octanol–water partition coefficient (Wildman–Crippen LogP) is 3.44. The second-order valence-corrected chi connectivity index (χ2v) is 4.20. The first kappa shape index (κ1) is 13.2. The standard InChI is InChI=1S/C12H17N.C2H5F/c1-10-2-4-11(5-3-10)12-6-8-13-9-7-12;1-2-3/h2-5,12-13H,6-9H2,1H3;2H2,1H3. The van der Waals surface area contributed by atoms with E-state index in [4.69, 9.17) is 0 Å². The lowest BCUT2D eigenvalue weighted by Gasteiger charge is -2.22. The van der Waals surface area contributed by atoms with Crippen molar-refractivity contribution < 1.29 is 4.39 Å². The fraction of sp³-hybridized carbons (Fsp3) is 0.571. The van der Waals surface area contributed by atoms with Crippen LogP contribution in [0.2, 0.25) is 0 Å². The molecule has 2 heteroatoms. The highest BCUT2D eigenvalue weighted by molar-refractivity contribution is 5.24. The lowest BCUT2D eigenvalue weighted by molar-refractivity contribution is 0.460. The number of aryl methyl sites for hydroxylation is 1. The molecule has 0 spiro atoms. The van der Waals surface area contributed by atoms with Crippen molar-refractivity contribution in [3.05, 3.63) is 35.4 Å². The molecule has 0 atom stereocenters. The van der Waals surface area contributed by atoms with Crippen LogP contribution in [-0.4, -0.2) is 19.8 Å². The summed E-state index contributed by atoms with van der Waals surface area (Å²) in [5.74, 6) is 0.793. The number of hydrogen-bond donors (Lipinski definition) is 1. The van der Waals surface area contributed by atoms with Crippen LogP contribution >= 0.6 is 0 Å². The summed E-state index contributed by atoms with van der Waals surface area (Å²) in [6, 6.07) is 9.01. The molecule has 1 aliphatic rings. The molecule has 0 bridgehead atoms. The van der Waals surface area contributed by atoms with Gasteiger partial charge in [0, 0.05) is 0 Å². The molecule has 0 unspecified atom stereocenters. The Hall–Kier alpha value is -0.890. The highest BCUT2D eigenvalue weighted by atomic mass is 19.1. The van der Waals surface area contributed by atoms with Gasteiger partial charge in [0.15, 0.2) is 0 Å². The smallest absolute Gasteiger partial charge is 0.0866 e. The number of piperidine rings is 1. The van der Waals surface area contributed by atoms with Crippen molar-refractivity contribution in [1.82, 2.24) is 5.32 Å². The van der Waals surface area contributed by atoms with E-state index in [1.807, 2.05) is 0 Å². The van der Waals surface area contributed by atoms with E-state index in [2.05, 4.69) is 36.5 Å². The van der Waals surface area contributed by atoms with Gasteiger partial charge in [-0.25, -0.2) is 0 Å². The Morgan fingerprint density at radius 2 is 1.69 bits per heavy atom. The van der Waals surface area contributed by atoms with E-state index in [9.17, 15) is 4.39 Å². The zero-order valence-corrected chi connectivity index (χ0v) is 10.3. The van der Waals surface area contributed by atoms with Crippen LogP contribution in [0.1, 0.15) is 36.8 Å². The largest absolute Gasteiger partial charge is 0.317 e. The van der Waals surface area contributed by atoms with Gasteiger partial charge in [-0.1, -0.05) is 29.8 Å². The van der Waals surface area contributed by atoms with E-state index < -0.39 is 0 Å². The molecule has 0 saturated carbocycles. The zero-order chi connectivity index (χ0) is 11.8. The maximum Gasteiger partial charge on any atom is 0.0866 e. The molecular formula is C14H22FN. The average Bonchev–Trinajstić information content (AvgIpc) is 2.32. The second kappa shape index (κ2) is 7.39. The Bertz CT molecular complexity index is 275. The first-order valence-electron chi connectivity index (χ1n) is 6.11. The van der Waals surface area contributed by atoms with Crippen molar-refractivity contribution in [3.8, 4) is 0 Å². The molecule has 1 fully saturated rings. The zero-order valence-electron chi connectivity index (χ0n) is 10.3. The third-order valence-electron chi connectivity index (χ3n) is 2.89. The molecule has 0 radical (unpaired) electrons. The number of halogens is 1. The SMILES string of the molecule is CCF.Cc1ccc(C2CCNCC2)cc1. The maximum atomic E-state index is 10.3. The van der Waals surface area contributed by atoms with Gasteiger partial charge in [-0.3, -0.25) is 4.39 Å². The second-order valence-electron chi connectivity index (χ2n) is 4.20. The third kappa shape index (κ3) is 4.31. The van der Waals surface area contributed by atoms with Gasteiger partial charge >= 0.3 is 0 Å². The van der Waals surface area contributed by atoms with E-state index in [-0.39, 0.29) is 6.67 Å². The van der Waals surface area contributed by atoms with Gasteiger partial charge in [0.1, 0.15) is 0 Å². The number of benzene rings is 1. The van der Waals surface area contributed by atoms with E-state index in [1.165, 1.54) is 44.0 Å². The highest BCUT2D eigenvalue weighted by Crippen LogP contribution is 2.24. The van der Waals surface area contributed by atoms with Gasteiger partial charge in [-0.05, 0) is 51.3 Å². The monoisotopic (exact) mass is 223 g/mol. The number of rotatable bonds is 1. The summed E-state index contributed by atoms with van der Waals surface area (Å²) >= 11 is 0. The molecule has 0 aromatic heterocycles. The fourth-order valence-electron chi connectivity index (χ4n) is 1.99. The molecule has 16 heavy (non-hydrogen) atoms. The Balaban J connectivity index is 0.000000386. The molecule has 1 N–H and O–H groups in total. The number of alkyl halides is 1.